The molecule has 0 bridgehead atoms. The molecule has 0 aliphatic carbocycles. The van der Waals surface area contributed by atoms with Gasteiger partial charge in [-0.2, -0.15) is 0 Å². The van der Waals surface area contributed by atoms with E-state index in [-0.39, 0.29) is 11.6 Å². The molecular formula is C20H15N3O4. The molecule has 1 aliphatic rings. The molecule has 0 spiro atoms. The molecule has 0 fully saturated rings. The molecule has 0 unspecified atom stereocenters. The molecule has 1 N–H and O–H groups in total. The van der Waals surface area contributed by atoms with E-state index in [2.05, 4.69) is 5.32 Å². The number of aromatic nitrogens is 1. The molecule has 0 saturated carbocycles. The average molecular weight is 361 g/mol. The first-order valence-corrected chi connectivity index (χ1v) is 8.20. The molecule has 2 aromatic carbocycles. The summed E-state index contributed by atoms with van der Waals surface area (Å²) in [7, 11) is 1.56. The fourth-order valence-corrected chi connectivity index (χ4v) is 3.19. The van der Waals surface area contributed by atoms with E-state index in [0.29, 0.717) is 33.7 Å². The lowest BCUT2D eigenvalue weighted by atomic mass is 9.93. The second-order valence-electron chi connectivity index (χ2n) is 6.00. The highest BCUT2D eigenvalue weighted by Gasteiger charge is 2.32. The Hall–Kier alpha value is -3.87. The maximum Gasteiger partial charge on any atom is 0.277 e. The van der Waals surface area contributed by atoms with Crippen LogP contribution in [0.15, 0.2) is 60.9 Å². The Morgan fingerprint density at radius 3 is 2.56 bits per heavy atom. The second kappa shape index (κ2) is 6.45. The van der Waals surface area contributed by atoms with Crippen molar-refractivity contribution in [3.8, 4) is 16.9 Å². The van der Waals surface area contributed by atoms with Crippen LogP contribution in [-0.4, -0.2) is 22.5 Å². The van der Waals surface area contributed by atoms with Crippen LogP contribution in [0.25, 0.3) is 22.9 Å². The largest absolute Gasteiger partial charge is 0.495 e. The summed E-state index contributed by atoms with van der Waals surface area (Å²) in [6, 6.07) is 13.8. The number of ether oxygens (including phenoxy) is 1. The lowest BCUT2D eigenvalue weighted by Crippen LogP contribution is -2.04. The normalized spacial score (nSPS) is 14.1. The number of nitrogens with zero attached hydrogens (tertiary/aromatic N) is 2. The van der Waals surface area contributed by atoms with Crippen LogP contribution in [0.3, 0.4) is 0 Å². The van der Waals surface area contributed by atoms with Gasteiger partial charge in [-0.3, -0.25) is 14.9 Å². The molecule has 0 saturated heterocycles. The lowest BCUT2D eigenvalue weighted by Gasteiger charge is -2.09. The minimum absolute atomic E-state index is 0.0487. The van der Waals surface area contributed by atoms with Crippen molar-refractivity contribution in [1.29, 1.82) is 0 Å². The SMILES string of the molecule is COc1ccn(C=C2C(=O)Nc3ccc([N+](=O)[O-])c(-c4ccccc4)c32)c1. The van der Waals surface area contributed by atoms with Crippen LogP contribution < -0.4 is 10.1 Å². The summed E-state index contributed by atoms with van der Waals surface area (Å²) in [4.78, 5) is 23.8. The molecule has 1 aromatic heterocycles. The van der Waals surface area contributed by atoms with E-state index in [0.717, 1.165) is 0 Å². The minimum Gasteiger partial charge on any atom is -0.495 e. The molecule has 0 atom stereocenters. The topological polar surface area (TPSA) is 86.4 Å². The van der Waals surface area contributed by atoms with Crippen molar-refractivity contribution in [3.63, 3.8) is 0 Å². The van der Waals surface area contributed by atoms with Crippen molar-refractivity contribution in [1.82, 2.24) is 4.57 Å². The van der Waals surface area contributed by atoms with E-state index in [4.69, 9.17) is 4.74 Å². The van der Waals surface area contributed by atoms with Crippen molar-refractivity contribution in [3.05, 3.63) is 76.6 Å². The van der Waals surface area contributed by atoms with Gasteiger partial charge in [-0.15, -0.1) is 0 Å². The number of methoxy groups -OCH3 is 1. The number of anilines is 1. The van der Waals surface area contributed by atoms with Gasteiger partial charge in [0.05, 0.1) is 35.1 Å². The van der Waals surface area contributed by atoms with Crippen LogP contribution >= 0.6 is 0 Å². The van der Waals surface area contributed by atoms with Crippen molar-refractivity contribution in [2.24, 2.45) is 0 Å². The summed E-state index contributed by atoms with van der Waals surface area (Å²) in [6.45, 7) is 0. The number of fused-ring (bicyclic) bond motifs is 1. The van der Waals surface area contributed by atoms with Crippen LogP contribution in [-0.2, 0) is 4.79 Å². The number of rotatable bonds is 4. The fourth-order valence-electron chi connectivity index (χ4n) is 3.19. The van der Waals surface area contributed by atoms with E-state index >= 15 is 0 Å². The van der Waals surface area contributed by atoms with Gasteiger partial charge in [0, 0.05) is 24.0 Å². The quantitative estimate of drug-likeness (QED) is 0.432. The molecule has 1 aliphatic heterocycles. The molecule has 1 amide bonds. The average Bonchev–Trinajstić information content (AvgIpc) is 3.26. The molecule has 134 valence electrons. The third-order valence-electron chi connectivity index (χ3n) is 4.41. The van der Waals surface area contributed by atoms with Gasteiger partial charge in [0.25, 0.3) is 11.6 Å². The number of benzene rings is 2. The summed E-state index contributed by atoms with van der Waals surface area (Å²) >= 11 is 0. The second-order valence-corrected chi connectivity index (χ2v) is 6.00. The van der Waals surface area contributed by atoms with E-state index in [1.807, 2.05) is 18.2 Å². The molecule has 7 nitrogen and oxygen atoms in total. The summed E-state index contributed by atoms with van der Waals surface area (Å²) in [5.74, 6) is 0.336. The van der Waals surface area contributed by atoms with Gasteiger partial charge in [0.1, 0.15) is 5.75 Å². The summed E-state index contributed by atoms with van der Waals surface area (Å²) in [5.41, 5.74) is 2.47. The molecule has 0 radical (unpaired) electrons. The van der Waals surface area contributed by atoms with Crippen LogP contribution in [0.4, 0.5) is 11.4 Å². The van der Waals surface area contributed by atoms with E-state index < -0.39 is 4.92 Å². The third-order valence-corrected chi connectivity index (χ3v) is 4.41. The van der Waals surface area contributed by atoms with Gasteiger partial charge < -0.3 is 14.6 Å². The first kappa shape index (κ1) is 16.6. The zero-order valence-electron chi connectivity index (χ0n) is 14.4. The first-order chi connectivity index (χ1) is 13.1. The fraction of sp³-hybridized carbons (Fsp3) is 0.0500. The van der Waals surface area contributed by atoms with Crippen molar-refractivity contribution in [2.75, 3.05) is 12.4 Å². The molecule has 7 heteroatoms. The monoisotopic (exact) mass is 361 g/mol. The number of nitro benzene ring substituents is 1. The Morgan fingerprint density at radius 2 is 1.89 bits per heavy atom. The number of nitrogens with one attached hydrogen (secondary N) is 1. The van der Waals surface area contributed by atoms with Crippen LogP contribution in [0, 0.1) is 10.1 Å². The Bertz CT molecular complexity index is 1080. The highest BCUT2D eigenvalue weighted by Crippen LogP contribution is 2.44. The highest BCUT2D eigenvalue weighted by atomic mass is 16.6. The standard InChI is InChI=1S/C20H15N3O4/c1-27-14-9-10-22(11-14)12-15-19-16(21-20(15)24)7-8-17(23(25)26)18(19)13-5-3-2-4-6-13/h2-12H,1H3,(H,21,24). The summed E-state index contributed by atoms with van der Waals surface area (Å²) in [6.07, 6.45) is 5.11. The van der Waals surface area contributed by atoms with Gasteiger partial charge in [0.15, 0.2) is 0 Å². The van der Waals surface area contributed by atoms with Crippen LogP contribution in [0.5, 0.6) is 5.75 Å². The predicted octanol–water partition coefficient (Wildman–Crippen LogP) is 4.02. The van der Waals surface area contributed by atoms with E-state index in [1.54, 1.807) is 54.5 Å². The Morgan fingerprint density at radius 1 is 1.11 bits per heavy atom. The summed E-state index contributed by atoms with van der Waals surface area (Å²) < 4.78 is 6.85. The van der Waals surface area contributed by atoms with Crippen molar-refractivity contribution in [2.45, 2.75) is 0 Å². The smallest absolute Gasteiger partial charge is 0.277 e. The number of carbonyl (C=O) groups excluding carboxylic acids is 1. The minimum atomic E-state index is -0.429. The maximum absolute atomic E-state index is 12.6. The molecule has 4 rings (SSSR count). The lowest BCUT2D eigenvalue weighted by molar-refractivity contribution is -0.384. The zero-order chi connectivity index (χ0) is 19.0. The number of amides is 1. The molecule has 3 aromatic rings. The van der Waals surface area contributed by atoms with Crippen LogP contribution in [0.1, 0.15) is 5.56 Å². The van der Waals surface area contributed by atoms with Crippen molar-refractivity contribution >= 4 is 29.1 Å². The number of carbonyl (C=O) groups is 1. The Labute approximate surface area is 154 Å². The highest BCUT2D eigenvalue weighted by molar-refractivity contribution is 6.36. The predicted molar refractivity (Wildman–Crippen MR) is 102 cm³/mol. The van der Waals surface area contributed by atoms with E-state index in [1.165, 1.54) is 6.07 Å². The number of hydrogen-bond donors (Lipinski definition) is 1. The Balaban J connectivity index is 1.97. The van der Waals surface area contributed by atoms with Gasteiger partial charge in [-0.1, -0.05) is 30.3 Å². The molecule has 2 heterocycles. The van der Waals surface area contributed by atoms with Crippen LogP contribution in [0.2, 0.25) is 0 Å². The third kappa shape index (κ3) is 2.85. The summed E-state index contributed by atoms with van der Waals surface area (Å²) in [5, 5.41) is 14.4. The zero-order valence-corrected chi connectivity index (χ0v) is 14.4. The first-order valence-electron chi connectivity index (χ1n) is 8.20. The van der Waals surface area contributed by atoms with Gasteiger partial charge in [0.2, 0.25) is 0 Å². The van der Waals surface area contributed by atoms with Gasteiger partial charge in [-0.25, -0.2) is 0 Å². The Kier molecular flexibility index (Phi) is 3.97. The molecule has 27 heavy (non-hydrogen) atoms. The maximum atomic E-state index is 12.6. The number of nitro groups is 1. The van der Waals surface area contributed by atoms with Gasteiger partial charge >= 0.3 is 0 Å². The van der Waals surface area contributed by atoms with Crippen molar-refractivity contribution < 1.29 is 14.5 Å². The van der Waals surface area contributed by atoms with Gasteiger partial charge in [-0.05, 0) is 17.7 Å². The molecular weight excluding hydrogens is 346 g/mol. The number of hydrogen-bond acceptors (Lipinski definition) is 4. The van der Waals surface area contributed by atoms with E-state index in [9.17, 15) is 14.9 Å².